The SMILES string of the molecule is COC(F)(F)F.O=C=Nc1ccccc1. The van der Waals surface area contributed by atoms with Crippen LogP contribution in [0.4, 0.5) is 18.9 Å². The molecular formula is C9H8F3NO2. The fourth-order valence-electron chi connectivity index (χ4n) is 0.555. The molecule has 82 valence electrons. The number of alkyl halides is 3. The molecule has 0 saturated carbocycles. The smallest absolute Gasteiger partial charge is 0.295 e. The molecule has 1 aromatic carbocycles. The van der Waals surface area contributed by atoms with E-state index in [0.717, 1.165) is 0 Å². The average Bonchev–Trinajstić information content (AvgIpc) is 2.20. The predicted molar refractivity (Wildman–Crippen MR) is 47.3 cm³/mol. The number of para-hydroxylation sites is 1. The lowest BCUT2D eigenvalue weighted by molar-refractivity contribution is -0.311. The van der Waals surface area contributed by atoms with E-state index in [1.807, 2.05) is 18.2 Å². The Morgan fingerprint density at radius 3 is 2.07 bits per heavy atom. The number of hydrogen-bond donors (Lipinski definition) is 0. The Bertz CT molecular complexity index is 318. The summed E-state index contributed by atoms with van der Waals surface area (Å²) in [5, 5.41) is 0. The number of rotatable bonds is 1. The first kappa shape index (κ1) is 13.4. The molecule has 0 N–H and O–H groups in total. The van der Waals surface area contributed by atoms with Crippen LogP contribution >= 0.6 is 0 Å². The summed E-state index contributed by atoms with van der Waals surface area (Å²) in [5.41, 5.74) is 0.646. The summed E-state index contributed by atoms with van der Waals surface area (Å²) in [4.78, 5) is 13.1. The molecule has 0 amide bonds. The monoisotopic (exact) mass is 219 g/mol. The quantitative estimate of drug-likeness (QED) is 0.538. The maximum absolute atomic E-state index is 10.6. The number of halogens is 3. The number of benzene rings is 1. The predicted octanol–water partition coefficient (Wildman–Crippen LogP) is 2.81. The van der Waals surface area contributed by atoms with Gasteiger partial charge in [0.2, 0.25) is 6.08 Å². The molecule has 0 atom stereocenters. The van der Waals surface area contributed by atoms with Gasteiger partial charge in [-0.05, 0) is 12.1 Å². The molecule has 1 aromatic rings. The van der Waals surface area contributed by atoms with Gasteiger partial charge in [-0.3, -0.25) is 4.74 Å². The van der Waals surface area contributed by atoms with Crippen LogP contribution in [0.1, 0.15) is 0 Å². The van der Waals surface area contributed by atoms with Gasteiger partial charge < -0.3 is 0 Å². The lowest BCUT2D eigenvalue weighted by atomic mass is 10.3. The zero-order valence-electron chi connectivity index (χ0n) is 7.78. The third-order valence-corrected chi connectivity index (χ3v) is 1.16. The Labute approximate surface area is 84.2 Å². The van der Waals surface area contributed by atoms with Gasteiger partial charge >= 0.3 is 6.36 Å². The Balaban J connectivity index is 0.000000288. The minimum absolute atomic E-state index is 0.583. The van der Waals surface area contributed by atoms with Crippen molar-refractivity contribution in [2.24, 2.45) is 4.99 Å². The molecule has 0 bridgehead atoms. The molecule has 0 fully saturated rings. The topological polar surface area (TPSA) is 38.7 Å². The van der Waals surface area contributed by atoms with E-state index < -0.39 is 6.36 Å². The van der Waals surface area contributed by atoms with E-state index in [9.17, 15) is 18.0 Å². The molecule has 0 radical (unpaired) electrons. The fraction of sp³-hybridized carbons (Fsp3) is 0.222. The molecule has 0 aliphatic carbocycles. The zero-order valence-corrected chi connectivity index (χ0v) is 7.78. The van der Waals surface area contributed by atoms with Gasteiger partial charge in [0.15, 0.2) is 0 Å². The highest BCUT2D eigenvalue weighted by Crippen LogP contribution is 2.13. The van der Waals surface area contributed by atoms with Crippen LogP contribution in [0, 0.1) is 0 Å². The number of aliphatic imine (C=N–C) groups is 1. The molecule has 1 rings (SSSR count). The Morgan fingerprint density at radius 2 is 1.73 bits per heavy atom. The number of ether oxygens (including phenoxy) is 1. The van der Waals surface area contributed by atoms with E-state index in [2.05, 4.69) is 9.73 Å². The normalized spacial score (nSPS) is 9.60. The minimum atomic E-state index is -4.46. The van der Waals surface area contributed by atoms with Gasteiger partial charge in [0.05, 0.1) is 5.69 Å². The van der Waals surface area contributed by atoms with E-state index in [-0.39, 0.29) is 0 Å². The summed E-state index contributed by atoms with van der Waals surface area (Å²) in [7, 11) is 0.583. The molecule has 0 aromatic heterocycles. The van der Waals surface area contributed by atoms with Gasteiger partial charge in [-0.25, -0.2) is 4.79 Å². The summed E-state index contributed by atoms with van der Waals surface area (Å²) in [6.45, 7) is 0. The van der Waals surface area contributed by atoms with E-state index in [4.69, 9.17) is 0 Å². The third kappa shape index (κ3) is 8.67. The van der Waals surface area contributed by atoms with Crippen LogP contribution in [0.15, 0.2) is 35.3 Å². The summed E-state index contributed by atoms with van der Waals surface area (Å²) in [6.07, 6.45) is -3.00. The summed E-state index contributed by atoms with van der Waals surface area (Å²) in [6, 6.07) is 8.98. The van der Waals surface area contributed by atoms with Crippen LogP contribution in [-0.4, -0.2) is 19.6 Å². The first-order chi connectivity index (χ1) is 6.99. The first-order valence-electron chi connectivity index (χ1n) is 3.74. The Morgan fingerprint density at radius 1 is 1.27 bits per heavy atom. The lowest BCUT2D eigenvalue weighted by Gasteiger charge is -1.97. The minimum Gasteiger partial charge on any atom is -0.295 e. The fourth-order valence-corrected chi connectivity index (χ4v) is 0.555. The van der Waals surface area contributed by atoms with Crippen molar-refractivity contribution in [3.05, 3.63) is 30.3 Å². The van der Waals surface area contributed by atoms with Crippen LogP contribution in [0.5, 0.6) is 0 Å². The first-order valence-corrected chi connectivity index (χ1v) is 3.74. The lowest BCUT2D eigenvalue weighted by Crippen LogP contribution is -2.08. The van der Waals surface area contributed by atoms with Crippen molar-refractivity contribution < 1.29 is 22.7 Å². The molecule has 0 saturated heterocycles. The standard InChI is InChI=1S/C7H5NO.C2H3F3O/c9-6-8-7-4-2-1-3-5-7;1-6-2(3,4)5/h1-5H;1H3. The van der Waals surface area contributed by atoms with Crippen LogP contribution in [-0.2, 0) is 9.53 Å². The highest BCUT2D eigenvalue weighted by atomic mass is 19.4. The van der Waals surface area contributed by atoms with Crippen LogP contribution in [0.25, 0.3) is 0 Å². The van der Waals surface area contributed by atoms with E-state index in [1.165, 1.54) is 6.08 Å². The maximum Gasteiger partial charge on any atom is 0.522 e. The van der Waals surface area contributed by atoms with Crippen molar-refractivity contribution in [3.8, 4) is 0 Å². The van der Waals surface area contributed by atoms with Crippen molar-refractivity contribution >= 4 is 11.8 Å². The van der Waals surface area contributed by atoms with Crippen LogP contribution < -0.4 is 0 Å². The second kappa shape index (κ2) is 6.75. The van der Waals surface area contributed by atoms with Crippen molar-refractivity contribution in [2.45, 2.75) is 6.36 Å². The van der Waals surface area contributed by atoms with Gasteiger partial charge in [-0.1, -0.05) is 18.2 Å². The van der Waals surface area contributed by atoms with Gasteiger partial charge in [0.1, 0.15) is 0 Å². The average molecular weight is 219 g/mol. The van der Waals surface area contributed by atoms with Crippen molar-refractivity contribution in [2.75, 3.05) is 7.11 Å². The second-order valence-electron chi connectivity index (χ2n) is 2.19. The molecule has 0 spiro atoms. The molecule has 0 unspecified atom stereocenters. The van der Waals surface area contributed by atoms with Gasteiger partial charge in [0, 0.05) is 7.11 Å². The third-order valence-electron chi connectivity index (χ3n) is 1.16. The maximum atomic E-state index is 10.6. The largest absolute Gasteiger partial charge is 0.522 e. The zero-order chi connectivity index (χ0) is 11.7. The number of hydrogen-bond acceptors (Lipinski definition) is 3. The highest BCUT2D eigenvalue weighted by molar-refractivity contribution is 5.47. The summed E-state index contributed by atoms with van der Waals surface area (Å²) >= 11 is 0. The summed E-state index contributed by atoms with van der Waals surface area (Å²) in [5.74, 6) is 0. The van der Waals surface area contributed by atoms with Crippen molar-refractivity contribution in [1.82, 2.24) is 0 Å². The van der Waals surface area contributed by atoms with Gasteiger partial charge in [-0.15, -0.1) is 13.2 Å². The number of nitrogens with zero attached hydrogens (tertiary/aromatic N) is 1. The van der Waals surface area contributed by atoms with Crippen LogP contribution in [0.2, 0.25) is 0 Å². The van der Waals surface area contributed by atoms with Crippen molar-refractivity contribution in [3.63, 3.8) is 0 Å². The summed E-state index contributed by atoms with van der Waals surface area (Å²) < 4.78 is 34.6. The molecule has 0 aliphatic heterocycles. The Hall–Kier alpha value is -1.65. The molecular weight excluding hydrogens is 211 g/mol. The van der Waals surface area contributed by atoms with E-state index >= 15 is 0 Å². The van der Waals surface area contributed by atoms with E-state index in [0.29, 0.717) is 12.8 Å². The van der Waals surface area contributed by atoms with Gasteiger partial charge in [-0.2, -0.15) is 4.99 Å². The van der Waals surface area contributed by atoms with Gasteiger partial charge in [0.25, 0.3) is 0 Å². The molecule has 6 heteroatoms. The van der Waals surface area contributed by atoms with Crippen LogP contribution in [0.3, 0.4) is 0 Å². The Kier molecular flexibility index (Phi) is 6.01. The number of isocyanates is 1. The number of carbonyl (C=O) groups excluding carboxylic acids is 1. The highest BCUT2D eigenvalue weighted by Gasteiger charge is 2.25. The second-order valence-corrected chi connectivity index (χ2v) is 2.19. The molecule has 0 aliphatic rings. The molecule has 15 heavy (non-hydrogen) atoms. The van der Waals surface area contributed by atoms with Crippen molar-refractivity contribution in [1.29, 1.82) is 0 Å². The molecule has 0 heterocycles. The number of methoxy groups -OCH3 is 1. The molecule has 3 nitrogen and oxygen atoms in total. The van der Waals surface area contributed by atoms with E-state index in [1.54, 1.807) is 12.1 Å².